The van der Waals surface area contributed by atoms with Crippen LogP contribution in [0.15, 0.2) is 85.3 Å². The normalized spacial score (nSPS) is 10.9. The van der Waals surface area contributed by atoms with Gasteiger partial charge in [-0.2, -0.15) is 0 Å². The Morgan fingerprint density at radius 3 is 2.51 bits per heavy atom. The van der Waals surface area contributed by atoms with E-state index < -0.39 is 5.97 Å². The smallest absolute Gasteiger partial charge is 0.308 e. The van der Waals surface area contributed by atoms with Crippen LogP contribution in [0.2, 0.25) is 0 Å². The Kier molecular flexibility index (Phi) is 8.15. The minimum Gasteiger partial charge on any atom is -0.493 e. The number of methoxy groups -OCH3 is 1. The van der Waals surface area contributed by atoms with Gasteiger partial charge in [-0.1, -0.05) is 42.5 Å². The zero-order valence-electron chi connectivity index (χ0n) is 21.0. The highest BCUT2D eigenvalue weighted by Gasteiger charge is 2.10. The Morgan fingerprint density at radius 2 is 1.78 bits per heavy atom. The van der Waals surface area contributed by atoms with Gasteiger partial charge < -0.3 is 18.8 Å². The summed E-state index contributed by atoms with van der Waals surface area (Å²) in [5.74, 6) is 0.971. The Hall–Kier alpha value is -4.65. The average molecular weight is 497 g/mol. The summed E-state index contributed by atoms with van der Waals surface area (Å²) in [6, 6.07) is 20.7. The van der Waals surface area contributed by atoms with Crippen molar-refractivity contribution in [3.05, 3.63) is 108 Å². The van der Waals surface area contributed by atoms with E-state index in [-0.39, 0.29) is 12.2 Å². The van der Waals surface area contributed by atoms with E-state index in [1.807, 2.05) is 66.2 Å². The molecule has 0 saturated heterocycles. The largest absolute Gasteiger partial charge is 0.493 e. The fourth-order valence-electron chi connectivity index (χ4n) is 3.80. The molecule has 0 atom stereocenters. The van der Waals surface area contributed by atoms with Gasteiger partial charge >= 0.3 is 5.97 Å². The summed E-state index contributed by atoms with van der Waals surface area (Å²) in [4.78, 5) is 28.4. The molecule has 0 aliphatic carbocycles. The quantitative estimate of drug-likeness (QED) is 0.163. The highest BCUT2D eigenvalue weighted by Crippen LogP contribution is 2.29. The summed E-state index contributed by atoms with van der Waals surface area (Å²) < 4.78 is 18.4. The summed E-state index contributed by atoms with van der Waals surface area (Å²) in [5, 5.41) is 0. The number of imidazole rings is 1. The fraction of sp³-hybridized carbons (Fsp3) is 0.167. The number of aryl methyl sites for hydroxylation is 1. The lowest BCUT2D eigenvalue weighted by Gasteiger charge is -2.11. The van der Waals surface area contributed by atoms with Gasteiger partial charge in [0, 0.05) is 25.6 Å². The lowest BCUT2D eigenvalue weighted by molar-refractivity contribution is -0.132. The minimum atomic E-state index is -0.446. The monoisotopic (exact) mass is 496 g/mol. The Balaban J connectivity index is 1.42. The minimum absolute atomic E-state index is 0.0604. The zero-order chi connectivity index (χ0) is 26.2. The average Bonchev–Trinajstić information content (AvgIpc) is 3.33. The van der Waals surface area contributed by atoms with E-state index in [1.165, 1.54) is 20.1 Å². The molecule has 37 heavy (non-hydrogen) atoms. The van der Waals surface area contributed by atoms with Crippen LogP contribution in [0.1, 0.15) is 29.3 Å². The van der Waals surface area contributed by atoms with E-state index in [4.69, 9.17) is 14.2 Å². The lowest BCUT2D eigenvalue weighted by Crippen LogP contribution is -2.05. The Morgan fingerprint density at radius 1 is 0.973 bits per heavy atom. The molecule has 1 heterocycles. The Labute approximate surface area is 216 Å². The molecule has 4 rings (SSSR count). The first-order valence-electron chi connectivity index (χ1n) is 11.8. The third-order valence-corrected chi connectivity index (χ3v) is 5.61. The van der Waals surface area contributed by atoms with Crippen molar-refractivity contribution < 1.29 is 23.8 Å². The van der Waals surface area contributed by atoms with Gasteiger partial charge in [0.15, 0.2) is 17.3 Å². The van der Waals surface area contributed by atoms with Crippen molar-refractivity contribution >= 4 is 17.8 Å². The SMILES string of the molecule is COc1ccc(/C=C/C(=O)Cc2ccccc2COc2cccc(-n3cnc(C)c3)c2)cc1OC(C)=O. The predicted molar refractivity (Wildman–Crippen MR) is 141 cm³/mol. The van der Waals surface area contributed by atoms with Gasteiger partial charge in [0.1, 0.15) is 12.4 Å². The van der Waals surface area contributed by atoms with Crippen molar-refractivity contribution in [2.75, 3.05) is 7.11 Å². The van der Waals surface area contributed by atoms with Gasteiger partial charge in [0.2, 0.25) is 0 Å². The van der Waals surface area contributed by atoms with Gasteiger partial charge in [-0.3, -0.25) is 9.59 Å². The van der Waals surface area contributed by atoms with Crippen LogP contribution in [0.25, 0.3) is 11.8 Å². The van der Waals surface area contributed by atoms with E-state index in [0.29, 0.717) is 18.1 Å². The number of carbonyl (C=O) groups is 2. The number of ether oxygens (including phenoxy) is 3. The van der Waals surface area contributed by atoms with Crippen molar-refractivity contribution in [2.45, 2.75) is 26.9 Å². The Bertz CT molecular complexity index is 1440. The molecule has 0 fully saturated rings. The van der Waals surface area contributed by atoms with Gasteiger partial charge in [0.05, 0.1) is 24.8 Å². The highest BCUT2D eigenvalue weighted by molar-refractivity contribution is 5.95. The molecule has 0 saturated carbocycles. The number of esters is 1. The molecule has 0 bridgehead atoms. The van der Waals surface area contributed by atoms with Gasteiger partial charge in [-0.05, 0) is 54.0 Å². The maximum atomic E-state index is 12.8. The second kappa shape index (κ2) is 11.9. The zero-order valence-corrected chi connectivity index (χ0v) is 21.0. The summed E-state index contributed by atoms with van der Waals surface area (Å²) in [5.41, 5.74) is 4.46. The molecule has 0 unspecified atom stereocenters. The first kappa shape index (κ1) is 25.4. The first-order valence-corrected chi connectivity index (χ1v) is 11.8. The van der Waals surface area contributed by atoms with Gasteiger partial charge in [-0.15, -0.1) is 0 Å². The number of rotatable bonds is 10. The molecular formula is C30H28N2O5. The molecule has 4 aromatic rings. The molecule has 1 aromatic heterocycles. The van der Waals surface area contributed by atoms with E-state index in [0.717, 1.165) is 33.8 Å². The van der Waals surface area contributed by atoms with Crippen molar-refractivity contribution in [1.82, 2.24) is 9.55 Å². The molecule has 0 radical (unpaired) electrons. The van der Waals surface area contributed by atoms with Crippen LogP contribution in [0.3, 0.4) is 0 Å². The molecule has 0 N–H and O–H groups in total. The number of hydrogen-bond acceptors (Lipinski definition) is 6. The summed E-state index contributed by atoms with van der Waals surface area (Å²) in [7, 11) is 1.50. The second-order valence-corrected chi connectivity index (χ2v) is 8.46. The topological polar surface area (TPSA) is 79.7 Å². The molecule has 188 valence electrons. The maximum Gasteiger partial charge on any atom is 0.308 e. The van der Waals surface area contributed by atoms with Crippen molar-refractivity contribution in [3.8, 4) is 22.9 Å². The van der Waals surface area contributed by atoms with Crippen LogP contribution >= 0.6 is 0 Å². The van der Waals surface area contributed by atoms with Crippen LogP contribution in [-0.2, 0) is 22.6 Å². The summed E-state index contributed by atoms with van der Waals surface area (Å²) in [6.45, 7) is 3.61. The molecule has 0 aliphatic rings. The molecule has 7 heteroatoms. The number of allylic oxidation sites excluding steroid dienone is 1. The third-order valence-electron chi connectivity index (χ3n) is 5.61. The predicted octanol–water partition coefficient (Wildman–Crippen LogP) is 5.52. The second-order valence-electron chi connectivity index (χ2n) is 8.46. The molecule has 0 aliphatic heterocycles. The number of carbonyl (C=O) groups excluding carboxylic acids is 2. The van der Waals surface area contributed by atoms with Crippen LogP contribution in [0.5, 0.6) is 17.2 Å². The first-order chi connectivity index (χ1) is 17.9. The number of hydrogen-bond donors (Lipinski definition) is 0. The molecule has 7 nitrogen and oxygen atoms in total. The van der Waals surface area contributed by atoms with Crippen LogP contribution in [-0.4, -0.2) is 28.4 Å². The molecular weight excluding hydrogens is 468 g/mol. The molecule has 0 spiro atoms. The van der Waals surface area contributed by atoms with Crippen LogP contribution in [0.4, 0.5) is 0 Å². The summed E-state index contributed by atoms with van der Waals surface area (Å²) >= 11 is 0. The number of aromatic nitrogens is 2. The lowest BCUT2D eigenvalue weighted by atomic mass is 10.0. The number of nitrogens with zero attached hydrogens (tertiary/aromatic N) is 2. The highest BCUT2D eigenvalue weighted by atomic mass is 16.6. The van der Waals surface area contributed by atoms with Gasteiger partial charge in [-0.25, -0.2) is 4.98 Å². The number of benzene rings is 3. The summed E-state index contributed by atoms with van der Waals surface area (Å²) in [6.07, 6.45) is 7.17. The van der Waals surface area contributed by atoms with Crippen LogP contribution < -0.4 is 14.2 Å². The van der Waals surface area contributed by atoms with E-state index in [2.05, 4.69) is 4.98 Å². The maximum absolute atomic E-state index is 12.8. The van der Waals surface area contributed by atoms with Gasteiger partial charge in [0.25, 0.3) is 0 Å². The van der Waals surface area contributed by atoms with Crippen molar-refractivity contribution in [1.29, 1.82) is 0 Å². The van der Waals surface area contributed by atoms with Crippen molar-refractivity contribution in [3.63, 3.8) is 0 Å². The van der Waals surface area contributed by atoms with Crippen LogP contribution in [0, 0.1) is 6.92 Å². The third kappa shape index (κ3) is 6.95. The number of ketones is 1. The fourth-order valence-corrected chi connectivity index (χ4v) is 3.80. The van der Waals surface area contributed by atoms with E-state index in [1.54, 1.807) is 30.6 Å². The van der Waals surface area contributed by atoms with Crippen molar-refractivity contribution in [2.24, 2.45) is 0 Å². The molecule has 0 amide bonds. The van der Waals surface area contributed by atoms with E-state index >= 15 is 0 Å². The standard InChI is InChI=1S/C30H28N2O5/c1-21-18-32(20-31-21)26-9-6-10-28(17-26)36-19-25-8-5-4-7-24(25)16-27(34)13-11-23-12-14-29(35-3)30(15-23)37-22(2)33/h4-15,17-18,20H,16,19H2,1-3H3/b13-11+. The van der Waals surface area contributed by atoms with E-state index in [9.17, 15) is 9.59 Å². The molecule has 3 aromatic carbocycles.